The average molecular weight is 316 g/mol. The fourth-order valence-electron chi connectivity index (χ4n) is 2.79. The molecule has 1 fully saturated rings. The van der Waals surface area contributed by atoms with Crippen molar-refractivity contribution < 1.29 is 4.74 Å². The van der Waals surface area contributed by atoms with E-state index in [1.54, 1.807) is 6.07 Å². The van der Waals surface area contributed by atoms with Gasteiger partial charge >= 0.3 is 0 Å². The maximum absolute atomic E-state index is 6.33. The minimum absolute atomic E-state index is 0.276. The highest BCUT2D eigenvalue weighted by Gasteiger charge is 2.22. The molecule has 20 heavy (non-hydrogen) atoms. The molecule has 4 heteroatoms. The van der Waals surface area contributed by atoms with E-state index in [1.165, 1.54) is 12.8 Å². The van der Waals surface area contributed by atoms with Crippen molar-refractivity contribution in [1.82, 2.24) is 5.32 Å². The second-order valence-corrected chi connectivity index (χ2v) is 6.51. The summed E-state index contributed by atoms with van der Waals surface area (Å²) in [4.78, 5) is 0. The SMILES string of the molecule is CCNCc1cc(Cl)cc(Cl)c1OC1CCCC(C)C1. The number of hydrogen-bond acceptors (Lipinski definition) is 2. The van der Waals surface area contributed by atoms with Crippen molar-refractivity contribution in [1.29, 1.82) is 0 Å². The van der Waals surface area contributed by atoms with Gasteiger partial charge in [-0.05, 0) is 43.9 Å². The first kappa shape index (κ1) is 15.9. The quantitative estimate of drug-likeness (QED) is 0.820. The number of nitrogens with one attached hydrogen (secondary N) is 1. The lowest BCUT2D eigenvalue weighted by atomic mass is 9.88. The molecule has 1 aromatic carbocycles. The molecule has 0 spiro atoms. The fourth-order valence-corrected chi connectivity index (χ4v) is 3.37. The van der Waals surface area contributed by atoms with E-state index in [2.05, 4.69) is 19.2 Å². The lowest BCUT2D eigenvalue weighted by molar-refractivity contribution is 0.128. The molecule has 0 aromatic heterocycles. The molecule has 1 saturated carbocycles. The summed E-state index contributed by atoms with van der Waals surface area (Å²) >= 11 is 12.4. The molecule has 0 amide bonds. The summed E-state index contributed by atoms with van der Waals surface area (Å²) in [5.74, 6) is 1.54. The fraction of sp³-hybridized carbons (Fsp3) is 0.625. The van der Waals surface area contributed by atoms with Gasteiger partial charge in [0.05, 0.1) is 11.1 Å². The topological polar surface area (TPSA) is 21.3 Å². The predicted molar refractivity (Wildman–Crippen MR) is 85.9 cm³/mol. The van der Waals surface area contributed by atoms with Crippen molar-refractivity contribution in [2.45, 2.75) is 52.2 Å². The van der Waals surface area contributed by atoms with E-state index in [4.69, 9.17) is 27.9 Å². The second-order valence-electron chi connectivity index (χ2n) is 5.67. The van der Waals surface area contributed by atoms with Crippen molar-refractivity contribution in [3.8, 4) is 5.75 Å². The van der Waals surface area contributed by atoms with Crippen LogP contribution in [0.25, 0.3) is 0 Å². The average Bonchev–Trinajstić information content (AvgIpc) is 2.40. The lowest BCUT2D eigenvalue weighted by Crippen LogP contribution is -2.25. The van der Waals surface area contributed by atoms with Crippen LogP contribution in [-0.2, 0) is 6.54 Å². The Hall–Kier alpha value is -0.440. The Kier molecular flexibility index (Phi) is 6.01. The minimum atomic E-state index is 0.276. The Balaban J connectivity index is 2.15. The Bertz CT molecular complexity index is 450. The van der Waals surface area contributed by atoms with Crippen molar-refractivity contribution in [3.05, 3.63) is 27.7 Å². The van der Waals surface area contributed by atoms with Crippen LogP contribution in [-0.4, -0.2) is 12.6 Å². The van der Waals surface area contributed by atoms with E-state index >= 15 is 0 Å². The maximum atomic E-state index is 6.33. The molecule has 0 heterocycles. The molecule has 0 radical (unpaired) electrons. The predicted octanol–water partition coefficient (Wildman–Crippen LogP) is 5.06. The number of ether oxygens (including phenoxy) is 1. The highest BCUT2D eigenvalue weighted by molar-refractivity contribution is 6.35. The molecule has 1 aliphatic rings. The van der Waals surface area contributed by atoms with E-state index < -0.39 is 0 Å². The van der Waals surface area contributed by atoms with E-state index in [-0.39, 0.29) is 6.10 Å². The monoisotopic (exact) mass is 315 g/mol. The van der Waals surface area contributed by atoms with E-state index in [9.17, 15) is 0 Å². The van der Waals surface area contributed by atoms with E-state index in [1.807, 2.05) is 6.07 Å². The number of rotatable bonds is 5. The van der Waals surface area contributed by atoms with Crippen LogP contribution in [0.2, 0.25) is 10.0 Å². The van der Waals surface area contributed by atoms with Crippen LogP contribution in [0.3, 0.4) is 0 Å². The molecule has 2 atom stereocenters. The third kappa shape index (κ3) is 4.28. The second kappa shape index (κ2) is 7.53. The molecular weight excluding hydrogens is 293 g/mol. The Morgan fingerprint density at radius 2 is 2.10 bits per heavy atom. The normalized spacial score (nSPS) is 22.8. The van der Waals surface area contributed by atoms with Gasteiger partial charge in [-0.1, -0.05) is 43.5 Å². The molecule has 2 nitrogen and oxygen atoms in total. The lowest BCUT2D eigenvalue weighted by Gasteiger charge is -2.28. The first-order valence-electron chi connectivity index (χ1n) is 7.45. The molecule has 0 saturated heterocycles. The largest absolute Gasteiger partial charge is 0.489 e. The number of benzene rings is 1. The first-order valence-corrected chi connectivity index (χ1v) is 8.21. The third-order valence-corrected chi connectivity index (χ3v) is 4.32. The third-order valence-electron chi connectivity index (χ3n) is 3.82. The zero-order valence-electron chi connectivity index (χ0n) is 12.2. The number of halogens is 2. The Labute approximate surface area is 131 Å². The van der Waals surface area contributed by atoms with E-state index in [0.29, 0.717) is 10.0 Å². The zero-order chi connectivity index (χ0) is 14.5. The van der Waals surface area contributed by atoms with Gasteiger partial charge in [0, 0.05) is 17.1 Å². The summed E-state index contributed by atoms with van der Waals surface area (Å²) in [5, 5.41) is 4.58. The van der Waals surface area contributed by atoms with Gasteiger partial charge in [-0.25, -0.2) is 0 Å². The summed E-state index contributed by atoms with van der Waals surface area (Å²) < 4.78 is 6.21. The summed E-state index contributed by atoms with van der Waals surface area (Å²) in [6.07, 6.45) is 5.04. The summed E-state index contributed by atoms with van der Waals surface area (Å²) in [6.45, 7) is 6.01. The van der Waals surface area contributed by atoms with Crippen LogP contribution >= 0.6 is 23.2 Å². The molecular formula is C16H23Cl2NO. The van der Waals surface area contributed by atoms with Crippen LogP contribution in [0.5, 0.6) is 5.75 Å². The van der Waals surface area contributed by atoms with Crippen LogP contribution in [0.4, 0.5) is 0 Å². The van der Waals surface area contributed by atoms with Gasteiger partial charge in [-0.3, -0.25) is 0 Å². The Morgan fingerprint density at radius 1 is 1.30 bits per heavy atom. The number of hydrogen-bond donors (Lipinski definition) is 1. The Morgan fingerprint density at radius 3 is 2.80 bits per heavy atom. The van der Waals surface area contributed by atoms with E-state index in [0.717, 1.165) is 43.2 Å². The van der Waals surface area contributed by atoms with Crippen molar-refractivity contribution in [2.24, 2.45) is 5.92 Å². The van der Waals surface area contributed by atoms with Gasteiger partial charge < -0.3 is 10.1 Å². The van der Waals surface area contributed by atoms with Crippen LogP contribution in [0.1, 0.15) is 45.1 Å². The summed E-state index contributed by atoms with van der Waals surface area (Å²) in [5.41, 5.74) is 1.04. The van der Waals surface area contributed by atoms with Crippen LogP contribution < -0.4 is 10.1 Å². The molecule has 0 bridgehead atoms. The molecule has 112 valence electrons. The zero-order valence-corrected chi connectivity index (χ0v) is 13.7. The van der Waals surface area contributed by atoms with Gasteiger partial charge in [-0.15, -0.1) is 0 Å². The van der Waals surface area contributed by atoms with Gasteiger partial charge in [0.2, 0.25) is 0 Å². The van der Waals surface area contributed by atoms with Crippen molar-refractivity contribution in [3.63, 3.8) is 0 Å². The van der Waals surface area contributed by atoms with Crippen LogP contribution in [0, 0.1) is 5.92 Å². The molecule has 1 aromatic rings. The standard InChI is InChI=1S/C16H23Cl2NO/c1-3-19-10-12-8-13(17)9-15(18)16(12)20-14-6-4-5-11(2)7-14/h8-9,11,14,19H,3-7,10H2,1-2H3. The molecule has 2 rings (SSSR count). The van der Waals surface area contributed by atoms with Gasteiger partial charge in [0.1, 0.15) is 5.75 Å². The highest BCUT2D eigenvalue weighted by atomic mass is 35.5. The molecule has 0 aliphatic heterocycles. The van der Waals surface area contributed by atoms with Gasteiger partial charge in [0.15, 0.2) is 0 Å². The van der Waals surface area contributed by atoms with Crippen molar-refractivity contribution in [2.75, 3.05) is 6.54 Å². The summed E-state index contributed by atoms with van der Waals surface area (Å²) in [7, 11) is 0. The molecule has 2 unspecified atom stereocenters. The minimum Gasteiger partial charge on any atom is -0.489 e. The smallest absolute Gasteiger partial charge is 0.142 e. The maximum Gasteiger partial charge on any atom is 0.142 e. The molecule has 1 aliphatic carbocycles. The molecule has 1 N–H and O–H groups in total. The first-order chi connectivity index (χ1) is 9.60. The highest BCUT2D eigenvalue weighted by Crippen LogP contribution is 2.36. The van der Waals surface area contributed by atoms with Crippen LogP contribution in [0.15, 0.2) is 12.1 Å². The van der Waals surface area contributed by atoms with Gasteiger partial charge in [0.25, 0.3) is 0 Å². The van der Waals surface area contributed by atoms with Crippen molar-refractivity contribution >= 4 is 23.2 Å². The summed E-state index contributed by atoms with van der Waals surface area (Å²) in [6, 6.07) is 3.71. The van der Waals surface area contributed by atoms with Gasteiger partial charge in [-0.2, -0.15) is 0 Å².